The van der Waals surface area contributed by atoms with Gasteiger partial charge < -0.3 is 23.5 Å². The Morgan fingerprint density at radius 3 is 2.21 bits per heavy atom. The van der Waals surface area contributed by atoms with Gasteiger partial charge >= 0.3 is 11.9 Å². The van der Waals surface area contributed by atoms with Crippen molar-refractivity contribution in [2.45, 2.75) is 6.54 Å². The first-order chi connectivity index (χ1) is 13.5. The Morgan fingerprint density at radius 1 is 0.893 bits per heavy atom. The van der Waals surface area contributed by atoms with E-state index >= 15 is 0 Å². The van der Waals surface area contributed by atoms with Crippen LogP contribution in [0, 0.1) is 0 Å². The molecule has 0 saturated heterocycles. The maximum absolute atomic E-state index is 12.6. The molecule has 1 aromatic heterocycles. The van der Waals surface area contributed by atoms with Gasteiger partial charge in [0.25, 0.3) is 0 Å². The summed E-state index contributed by atoms with van der Waals surface area (Å²) in [7, 11) is 5.74. The van der Waals surface area contributed by atoms with Crippen LogP contribution in [0.1, 0.15) is 26.4 Å². The predicted octanol–water partition coefficient (Wildman–Crippen LogP) is 3.26. The number of para-hydroxylation sites is 1. The van der Waals surface area contributed by atoms with Gasteiger partial charge in [0, 0.05) is 17.5 Å². The van der Waals surface area contributed by atoms with Crippen LogP contribution in [0.25, 0.3) is 22.0 Å². The van der Waals surface area contributed by atoms with Crippen molar-refractivity contribution in [3.63, 3.8) is 0 Å². The Morgan fingerprint density at radius 2 is 1.57 bits per heavy atom. The van der Waals surface area contributed by atoms with Crippen molar-refractivity contribution in [1.82, 2.24) is 4.57 Å². The average Bonchev–Trinajstić information content (AvgIpc) is 3.07. The molecule has 0 bridgehead atoms. The van der Waals surface area contributed by atoms with E-state index in [9.17, 15) is 9.59 Å². The van der Waals surface area contributed by atoms with Crippen molar-refractivity contribution >= 4 is 22.8 Å². The van der Waals surface area contributed by atoms with Crippen LogP contribution < -0.4 is 9.47 Å². The van der Waals surface area contributed by atoms with Crippen molar-refractivity contribution in [3.8, 4) is 22.6 Å². The molecule has 2 aromatic carbocycles. The number of hydrogen-bond donors (Lipinski definition) is 0. The normalized spacial score (nSPS) is 11.7. The van der Waals surface area contributed by atoms with E-state index in [0.717, 1.165) is 22.2 Å². The summed E-state index contributed by atoms with van der Waals surface area (Å²) in [5.74, 6) is 0.0328. The molecule has 144 valence electrons. The van der Waals surface area contributed by atoms with E-state index in [1.54, 1.807) is 24.9 Å². The number of methoxy groups -OCH3 is 4. The molecule has 0 spiro atoms. The molecule has 0 atom stereocenters. The van der Waals surface area contributed by atoms with Gasteiger partial charge in [-0.25, -0.2) is 9.59 Å². The Hall–Kier alpha value is -3.48. The Labute approximate surface area is 161 Å². The molecule has 1 aliphatic heterocycles. The predicted molar refractivity (Wildman–Crippen MR) is 102 cm³/mol. The van der Waals surface area contributed by atoms with Gasteiger partial charge in [-0.15, -0.1) is 0 Å². The molecule has 3 aromatic rings. The second-order valence-corrected chi connectivity index (χ2v) is 6.36. The van der Waals surface area contributed by atoms with Crippen LogP contribution in [0.2, 0.25) is 0 Å². The lowest BCUT2D eigenvalue weighted by atomic mass is 9.94. The number of nitrogens with zero attached hydrogens (tertiary/aromatic N) is 1. The van der Waals surface area contributed by atoms with E-state index in [1.807, 2.05) is 24.3 Å². The monoisotopic (exact) mass is 381 g/mol. The number of esters is 2. The van der Waals surface area contributed by atoms with E-state index in [-0.39, 0.29) is 11.3 Å². The highest BCUT2D eigenvalue weighted by molar-refractivity contribution is 6.16. The molecule has 7 nitrogen and oxygen atoms in total. The summed E-state index contributed by atoms with van der Waals surface area (Å²) >= 11 is 0. The lowest BCUT2D eigenvalue weighted by Gasteiger charge is -2.22. The molecule has 0 saturated carbocycles. The highest BCUT2D eigenvalue weighted by Crippen LogP contribution is 2.44. The summed E-state index contributed by atoms with van der Waals surface area (Å²) in [5.41, 5.74) is 3.95. The fourth-order valence-corrected chi connectivity index (χ4v) is 3.88. The molecule has 0 radical (unpaired) electrons. The van der Waals surface area contributed by atoms with E-state index < -0.39 is 11.9 Å². The lowest BCUT2D eigenvalue weighted by Crippen LogP contribution is -2.18. The van der Waals surface area contributed by atoms with E-state index in [1.165, 1.54) is 14.2 Å². The molecule has 0 unspecified atom stereocenters. The molecule has 0 amide bonds. The Balaban J connectivity index is 2.11. The summed E-state index contributed by atoms with van der Waals surface area (Å²) in [5, 5.41) is 0.644. The molecule has 0 fully saturated rings. The first kappa shape index (κ1) is 17.9. The lowest BCUT2D eigenvalue weighted by molar-refractivity contribution is 0.0549. The summed E-state index contributed by atoms with van der Waals surface area (Å²) in [6.45, 7) is 0.380. The number of fused-ring (bicyclic) bond motifs is 2. The van der Waals surface area contributed by atoms with E-state index in [4.69, 9.17) is 18.9 Å². The van der Waals surface area contributed by atoms with Crippen LogP contribution in [0.3, 0.4) is 0 Å². The maximum Gasteiger partial charge on any atom is 0.355 e. The summed E-state index contributed by atoms with van der Waals surface area (Å²) in [6.07, 6.45) is 0. The second kappa shape index (κ2) is 6.60. The number of carbonyl (C=O) groups excluding carboxylic acids is 2. The van der Waals surface area contributed by atoms with Crippen LogP contribution in [-0.4, -0.2) is 44.9 Å². The highest BCUT2D eigenvalue weighted by atomic mass is 16.5. The highest BCUT2D eigenvalue weighted by Gasteiger charge is 2.33. The van der Waals surface area contributed by atoms with Crippen LogP contribution in [-0.2, 0) is 16.0 Å². The third-order valence-corrected chi connectivity index (χ3v) is 5.08. The number of hydrogen-bond acceptors (Lipinski definition) is 6. The topological polar surface area (TPSA) is 76.0 Å². The van der Waals surface area contributed by atoms with Crippen LogP contribution in [0.15, 0.2) is 30.3 Å². The van der Waals surface area contributed by atoms with Crippen molar-refractivity contribution in [2.24, 2.45) is 0 Å². The third kappa shape index (κ3) is 2.36. The molecule has 0 N–H and O–H groups in total. The van der Waals surface area contributed by atoms with Crippen molar-refractivity contribution < 1.29 is 28.5 Å². The molecule has 28 heavy (non-hydrogen) atoms. The quantitative estimate of drug-likeness (QED) is 0.505. The first-order valence-electron chi connectivity index (χ1n) is 8.62. The molecule has 7 heteroatoms. The van der Waals surface area contributed by atoms with E-state index in [0.29, 0.717) is 23.4 Å². The van der Waals surface area contributed by atoms with Crippen molar-refractivity contribution in [3.05, 3.63) is 47.2 Å². The fourth-order valence-electron chi connectivity index (χ4n) is 3.88. The van der Waals surface area contributed by atoms with Gasteiger partial charge in [-0.2, -0.15) is 0 Å². The van der Waals surface area contributed by atoms with Crippen molar-refractivity contribution in [1.29, 1.82) is 0 Å². The average molecular weight is 381 g/mol. The minimum atomic E-state index is -0.591. The van der Waals surface area contributed by atoms with Crippen LogP contribution in [0.5, 0.6) is 11.5 Å². The summed E-state index contributed by atoms with van der Waals surface area (Å²) < 4.78 is 22.6. The number of aromatic nitrogens is 1. The van der Waals surface area contributed by atoms with E-state index in [2.05, 4.69) is 0 Å². The van der Waals surface area contributed by atoms with Gasteiger partial charge in [0.1, 0.15) is 11.3 Å². The van der Waals surface area contributed by atoms with Gasteiger partial charge in [-0.3, -0.25) is 0 Å². The van der Waals surface area contributed by atoms with Gasteiger partial charge in [-0.05, 0) is 23.3 Å². The van der Waals surface area contributed by atoms with Gasteiger partial charge in [-0.1, -0.05) is 18.2 Å². The number of rotatable bonds is 4. The van der Waals surface area contributed by atoms with Gasteiger partial charge in [0.05, 0.1) is 34.0 Å². The summed E-state index contributed by atoms with van der Waals surface area (Å²) in [4.78, 5) is 25.1. The zero-order chi connectivity index (χ0) is 20.0. The number of ether oxygens (including phenoxy) is 4. The molecule has 0 aliphatic carbocycles. The van der Waals surface area contributed by atoms with Crippen LogP contribution >= 0.6 is 0 Å². The van der Waals surface area contributed by atoms with Gasteiger partial charge in [0.15, 0.2) is 11.5 Å². The SMILES string of the molecule is COC(=O)c1c(C(=O)OC)n2c3c(cccc13)-c1cc(OC)c(OC)cc1C2. The zero-order valence-electron chi connectivity index (χ0n) is 16.0. The Kier molecular flexibility index (Phi) is 4.22. The molecular formula is C21H19NO6. The largest absolute Gasteiger partial charge is 0.493 e. The van der Waals surface area contributed by atoms with Crippen LogP contribution in [0.4, 0.5) is 0 Å². The second-order valence-electron chi connectivity index (χ2n) is 6.36. The Bertz CT molecular complexity index is 1130. The minimum Gasteiger partial charge on any atom is -0.493 e. The fraction of sp³-hybridized carbons (Fsp3) is 0.238. The summed E-state index contributed by atoms with van der Waals surface area (Å²) in [6, 6.07) is 9.40. The zero-order valence-corrected chi connectivity index (χ0v) is 16.0. The molecule has 1 aliphatic rings. The minimum absolute atomic E-state index is 0.178. The molecule has 4 rings (SSSR count). The molecular weight excluding hydrogens is 362 g/mol. The standard InChI is InChI=1S/C21H19NO6/c1-25-15-8-11-10-22-18-12(14(11)9-16(15)26-2)6-5-7-13(18)17(20(23)27-3)19(22)21(24)28-4/h5-9H,10H2,1-4H3. The first-order valence-corrected chi connectivity index (χ1v) is 8.62. The van der Waals surface area contributed by atoms with Crippen molar-refractivity contribution in [2.75, 3.05) is 28.4 Å². The maximum atomic E-state index is 12.6. The number of carbonyl (C=O) groups is 2. The third-order valence-electron chi connectivity index (χ3n) is 5.08. The molecule has 2 heterocycles. The van der Waals surface area contributed by atoms with Gasteiger partial charge in [0.2, 0.25) is 0 Å². The smallest absolute Gasteiger partial charge is 0.355 e. The number of benzene rings is 2.